The topological polar surface area (TPSA) is 51.0 Å². The number of aryl methyl sites for hydroxylation is 1. The van der Waals surface area contributed by atoms with E-state index in [1.165, 1.54) is 11.8 Å². The van der Waals surface area contributed by atoms with Gasteiger partial charge in [0.15, 0.2) is 11.0 Å². The molecule has 0 bridgehead atoms. The normalized spacial score (nSPS) is 10.8. The molecule has 5 nitrogen and oxygen atoms in total. The molecule has 1 aromatic carbocycles. The summed E-state index contributed by atoms with van der Waals surface area (Å²) >= 11 is 3.05. The van der Waals surface area contributed by atoms with E-state index in [-0.39, 0.29) is 5.91 Å². The van der Waals surface area contributed by atoms with Gasteiger partial charge in [-0.2, -0.15) is 0 Å². The molecule has 0 aliphatic rings. The van der Waals surface area contributed by atoms with Crippen LogP contribution in [0, 0.1) is 6.92 Å². The number of hydrogen-bond donors (Lipinski definition) is 0. The van der Waals surface area contributed by atoms with Crippen LogP contribution >= 0.6 is 23.1 Å². The van der Waals surface area contributed by atoms with Gasteiger partial charge in [0.1, 0.15) is 0 Å². The second-order valence-electron chi connectivity index (χ2n) is 5.56. The van der Waals surface area contributed by atoms with E-state index < -0.39 is 0 Å². The van der Waals surface area contributed by atoms with Crippen LogP contribution in [0.25, 0.3) is 10.7 Å². The Hall–Kier alpha value is -2.12. The molecule has 0 fully saturated rings. The van der Waals surface area contributed by atoms with E-state index in [0.29, 0.717) is 12.3 Å². The van der Waals surface area contributed by atoms with Gasteiger partial charge in [0.25, 0.3) is 0 Å². The Labute approximate surface area is 155 Å². The zero-order valence-corrected chi connectivity index (χ0v) is 16.1. The maximum absolute atomic E-state index is 12.7. The van der Waals surface area contributed by atoms with Crippen molar-refractivity contribution in [3.8, 4) is 10.7 Å². The minimum atomic E-state index is 0.0717. The molecule has 0 atom stereocenters. The Morgan fingerprint density at radius 2 is 2.04 bits per heavy atom. The first-order valence-corrected chi connectivity index (χ1v) is 9.90. The van der Waals surface area contributed by atoms with E-state index in [2.05, 4.69) is 10.2 Å². The lowest BCUT2D eigenvalue weighted by Crippen LogP contribution is -2.32. The van der Waals surface area contributed by atoms with Gasteiger partial charge in [-0.25, -0.2) is 0 Å². The third kappa shape index (κ3) is 3.77. The summed E-state index contributed by atoms with van der Waals surface area (Å²) in [6.45, 7) is 4.66. The lowest BCUT2D eigenvalue weighted by atomic mass is 10.2. The highest BCUT2D eigenvalue weighted by atomic mass is 32.2. The van der Waals surface area contributed by atoms with E-state index in [1.54, 1.807) is 11.3 Å². The predicted molar refractivity (Wildman–Crippen MR) is 104 cm³/mol. The minimum absolute atomic E-state index is 0.0717. The van der Waals surface area contributed by atoms with Gasteiger partial charge < -0.3 is 9.47 Å². The van der Waals surface area contributed by atoms with E-state index in [0.717, 1.165) is 27.1 Å². The van der Waals surface area contributed by atoms with Gasteiger partial charge in [-0.1, -0.05) is 36.0 Å². The lowest BCUT2D eigenvalue weighted by molar-refractivity contribution is -0.116. The SMILES string of the molecule is CCN(C(=O)CSc1nnc(-c2cccs2)n1C)c1ccccc1C. The smallest absolute Gasteiger partial charge is 0.237 e. The third-order valence-electron chi connectivity index (χ3n) is 3.92. The van der Waals surface area contributed by atoms with Crippen molar-refractivity contribution in [3.05, 3.63) is 47.3 Å². The number of amides is 1. The molecule has 0 saturated carbocycles. The zero-order chi connectivity index (χ0) is 17.8. The van der Waals surface area contributed by atoms with Crippen molar-refractivity contribution in [3.63, 3.8) is 0 Å². The van der Waals surface area contributed by atoms with Gasteiger partial charge in [-0.3, -0.25) is 4.79 Å². The van der Waals surface area contributed by atoms with Gasteiger partial charge >= 0.3 is 0 Å². The predicted octanol–water partition coefficient (Wildman–Crippen LogP) is 4.00. The number of para-hydroxylation sites is 1. The maximum atomic E-state index is 12.7. The fraction of sp³-hybridized carbons (Fsp3) is 0.278. The molecule has 2 aromatic heterocycles. The van der Waals surface area contributed by atoms with E-state index in [1.807, 2.05) is 72.1 Å². The molecule has 0 N–H and O–H groups in total. The zero-order valence-electron chi connectivity index (χ0n) is 14.5. The number of thiophene rings is 1. The molecule has 3 aromatic rings. The second-order valence-corrected chi connectivity index (χ2v) is 7.45. The Morgan fingerprint density at radius 3 is 2.72 bits per heavy atom. The largest absolute Gasteiger partial charge is 0.312 e. The summed E-state index contributed by atoms with van der Waals surface area (Å²) in [6.07, 6.45) is 0. The second kappa shape index (κ2) is 7.84. The quantitative estimate of drug-likeness (QED) is 0.614. The van der Waals surface area contributed by atoms with Gasteiger partial charge in [0.05, 0.1) is 10.6 Å². The molecular formula is C18H20N4OS2. The minimum Gasteiger partial charge on any atom is -0.312 e. The molecule has 0 unspecified atom stereocenters. The monoisotopic (exact) mass is 372 g/mol. The van der Waals surface area contributed by atoms with Crippen LogP contribution in [0.15, 0.2) is 46.9 Å². The molecular weight excluding hydrogens is 352 g/mol. The van der Waals surface area contributed by atoms with Gasteiger partial charge in [-0.05, 0) is 36.9 Å². The molecule has 1 amide bonds. The first-order chi connectivity index (χ1) is 12.1. The van der Waals surface area contributed by atoms with Crippen LogP contribution in [-0.2, 0) is 11.8 Å². The summed E-state index contributed by atoms with van der Waals surface area (Å²) in [4.78, 5) is 15.6. The third-order valence-corrected chi connectivity index (χ3v) is 5.80. The van der Waals surface area contributed by atoms with Crippen LogP contribution in [0.3, 0.4) is 0 Å². The van der Waals surface area contributed by atoms with Gasteiger partial charge in [0.2, 0.25) is 5.91 Å². The highest BCUT2D eigenvalue weighted by Gasteiger charge is 2.18. The number of hydrogen-bond acceptors (Lipinski definition) is 5. The van der Waals surface area contributed by atoms with E-state index in [9.17, 15) is 4.79 Å². The average molecular weight is 373 g/mol. The Kier molecular flexibility index (Phi) is 5.55. The van der Waals surface area contributed by atoms with E-state index >= 15 is 0 Å². The van der Waals surface area contributed by atoms with Crippen molar-refractivity contribution >= 4 is 34.7 Å². The molecule has 130 valence electrons. The van der Waals surface area contributed by atoms with Crippen molar-refractivity contribution in [2.24, 2.45) is 7.05 Å². The van der Waals surface area contributed by atoms with Crippen LogP contribution in [0.1, 0.15) is 12.5 Å². The Balaban J connectivity index is 1.71. The van der Waals surface area contributed by atoms with Crippen LogP contribution in [-0.4, -0.2) is 33.0 Å². The fourth-order valence-corrected chi connectivity index (χ4v) is 4.14. The van der Waals surface area contributed by atoms with Crippen LogP contribution in [0.4, 0.5) is 5.69 Å². The maximum Gasteiger partial charge on any atom is 0.237 e. The summed E-state index contributed by atoms with van der Waals surface area (Å²) in [6, 6.07) is 12.0. The Morgan fingerprint density at radius 1 is 1.24 bits per heavy atom. The number of nitrogens with zero attached hydrogens (tertiary/aromatic N) is 4. The Bertz CT molecular complexity index is 858. The number of carbonyl (C=O) groups is 1. The van der Waals surface area contributed by atoms with Crippen molar-refractivity contribution in [2.45, 2.75) is 19.0 Å². The number of rotatable bonds is 6. The highest BCUT2D eigenvalue weighted by Crippen LogP contribution is 2.27. The van der Waals surface area contributed by atoms with Crippen molar-refractivity contribution in [1.29, 1.82) is 0 Å². The number of aromatic nitrogens is 3. The van der Waals surface area contributed by atoms with Crippen LogP contribution in [0.2, 0.25) is 0 Å². The summed E-state index contributed by atoms with van der Waals surface area (Å²) in [5, 5.41) is 11.2. The standard InChI is InChI=1S/C18H20N4OS2/c1-4-22(14-9-6-5-8-13(14)2)16(23)12-25-18-20-19-17(21(18)3)15-10-7-11-24-15/h5-11H,4,12H2,1-3H3. The molecule has 3 rings (SSSR count). The van der Waals surface area contributed by atoms with Crippen LogP contribution < -0.4 is 4.90 Å². The first kappa shape index (κ1) is 17.7. The number of benzene rings is 1. The average Bonchev–Trinajstić information content (AvgIpc) is 3.25. The van der Waals surface area contributed by atoms with E-state index in [4.69, 9.17) is 0 Å². The van der Waals surface area contributed by atoms with Crippen molar-refractivity contribution in [2.75, 3.05) is 17.2 Å². The molecule has 0 spiro atoms. The molecule has 25 heavy (non-hydrogen) atoms. The summed E-state index contributed by atoms with van der Waals surface area (Å²) in [5.74, 6) is 1.23. The fourth-order valence-electron chi connectivity index (χ4n) is 2.61. The molecule has 0 radical (unpaired) electrons. The molecule has 2 heterocycles. The number of carbonyl (C=O) groups excluding carboxylic acids is 1. The van der Waals surface area contributed by atoms with Crippen LogP contribution in [0.5, 0.6) is 0 Å². The highest BCUT2D eigenvalue weighted by molar-refractivity contribution is 7.99. The summed E-state index contributed by atoms with van der Waals surface area (Å²) < 4.78 is 1.94. The summed E-state index contributed by atoms with van der Waals surface area (Å²) in [7, 11) is 1.93. The lowest BCUT2D eigenvalue weighted by Gasteiger charge is -2.22. The molecule has 0 aliphatic carbocycles. The molecule has 7 heteroatoms. The molecule has 0 aliphatic heterocycles. The van der Waals surface area contributed by atoms with Crippen molar-refractivity contribution in [1.82, 2.24) is 14.8 Å². The van der Waals surface area contributed by atoms with Gasteiger partial charge in [0, 0.05) is 19.3 Å². The molecule has 0 saturated heterocycles. The first-order valence-electron chi connectivity index (χ1n) is 8.04. The summed E-state index contributed by atoms with van der Waals surface area (Å²) in [5.41, 5.74) is 2.06. The van der Waals surface area contributed by atoms with Crippen molar-refractivity contribution < 1.29 is 4.79 Å². The number of anilines is 1. The number of thioether (sulfide) groups is 1. The van der Waals surface area contributed by atoms with Gasteiger partial charge in [-0.15, -0.1) is 21.5 Å².